The molecule has 0 unspecified atom stereocenters. The molecule has 0 aliphatic heterocycles. The summed E-state index contributed by atoms with van der Waals surface area (Å²) in [7, 11) is 0. The number of imidazole rings is 1. The van der Waals surface area contributed by atoms with Crippen LogP contribution in [-0.2, 0) is 0 Å². The first-order valence-corrected chi connectivity index (χ1v) is 7.26. The average molecular weight is 312 g/mol. The molecule has 0 aliphatic carbocycles. The number of aromatic nitrogens is 2. The third-order valence-corrected chi connectivity index (χ3v) is 4.39. The van der Waals surface area contributed by atoms with E-state index >= 15 is 0 Å². The molecule has 0 atom stereocenters. The van der Waals surface area contributed by atoms with E-state index in [-0.39, 0.29) is 5.82 Å². The van der Waals surface area contributed by atoms with Gasteiger partial charge in [-0.3, -0.25) is 0 Å². The number of nitro groups is 1. The molecule has 3 rings (SSSR count). The number of thiazole rings is 1. The van der Waals surface area contributed by atoms with Crippen LogP contribution in [0.3, 0.4) is 0 Å². The van der Waals surface area contributed by atoms with Crippen LogP contribution in [0.4, 0.5) is 5.82 Å². The molecule has 8 heteroatoms. The Balaban J connectivity index is 2.04. The molecule has 0 radical (unpaired) electrons. The van der Waals surface area contributed by atoms with Crippen LogP contribution in [0.5, 0.6) is 0 Å². The highest BCUT2D eigenvalue weighted by Crippen LogP contribution is 2.36. The van der Waals surface area contributed by atoms with Crippen molar-refractivity contribution in [3.05, 3.63) is 51.0 Å². The third kappa shape index (κ3) is 2.32. The maximum absolute atomic E-state index is 11.2. The smallest absolute Gasteiger partial charge is 0.358 e. The van der Waals surface area contributed by atoms with E-state index in [4.69, 9.17) is 11.6 Å². The van der Waals surface area contributed by atoms with Crippen molar-refractivity contribution in [1.29, 1.82) is 0 Å². The minimum atomic E-state index is -0.412. The summed E-state index contributed by atoms with van der Waals surface area (Å²) in [5.41, 5.74) is 0. The van der Waals surface area contributed by atoms with E-state index in [1.807, 2.05) is 12.1 Å². The zero-order valence-corrected chi connectivity index (χ0v) is 11.7. The number of fused-ring (bicyclic) bond motifs is 1. The van der Waals surface area contributed by atoms with Crippen LogP contribution < -0.4 is 0 Å². The number of hydrogen-bond donors (Lipinski definition) is 0. The molecular weight excluding hydrogens is 306 g/mol. The molecule has 0 amide bonds. The normalized spacial score (nSPS) is 11.0. The third-order valence-electron chi connectivity index (χ3n) is 2.41. The van der Waals surface area contributed by atoms with Crippen LogP contribution in [0.2, 0.25) is 5.02 Å². The Kier molecular flexibility index (Phi) is 3.17. The zero-order valence-electron chi connectivity index (χ0n) is 9.32. The molecule has 0 aliphatic rings. The first kappa shape index (κ1) is 12.5. The Morgan fingerprint density at radius 2 is 2.11 bits per heavy atom. The molecule has 0 N–H and O–H groups in total. The fourth-order valence-corrected chi connectivity index (χ4v) is 3.39. The lowest BCUT2D eigenvalue weighted by molar-refractivity contribution is -0.393. The van der Waals surface area contributed by atoms with Gasteiger partial charge in [-0.15, -0.1) is 0 Å². The van der Waals surface area contributed by atoms with Gasteiger partial charge in [0.25, 0.3) is 4.96 Å². The summed E-state index contributed by atoms with van der Waals surface area (Å²) in [4.78, 5) is 16.5. The van der Waals surface area contributed by atoms with Crippen molar-refractivity contribution in [3.63, 3.8) is 0 Å². The Morgan fingerprint density at radius 3 is 2.79 bits per heavy atom. The van der Waals surface area contributed by atoms with Crippen molar-refractivity contribution in [2.24, 2.45) is 0 Å². The molecule has 1 aromatic carbocycles. The highest BCUT2D eigenvalue weighted by atomic mass is 35.5. The molecule has 2 heterocycles. The summed E-state index contributed by atoms with van der Waals surface area (Å²) in [5, 5.41) is 13.9. The number of rotatable bonds is 3. The van der Waals surface area contributed by atoms with E-state index in [2.05, 4.69) is 4.98 Å². The van der Waals surface area contributed by atoms with Crippen LogP contribution in [0.1, 0.15) is 0 Å². The van der Waals surface area contributed by atoms with Crippen molar-refractivity contribution in [1.82, 2.24) is 9.38 Å². The SMILES string of the molecule is O=[N+]([O-])c1c(Sc2ccc(Cl)cc2)nc2sccn12. The molecular formula is C11H6ClN3O2S2. The van der Waals surface area contributed by atoms with Gasteiger partial charge in [0.1, 0.15) is 6.20 Å². The lowest BCUT2D eigenvalue weighted by Gasteiger charge is -1.99. The molecule has 19 heavy (non-hydrogen) atoms. The molecule has 0 saturated carbocycles. The minimum Gasteiger partial charge on any atom is -0.358 e. The second kappa shape index (κ2) is 4.84. The average Bonchev–Trinajstić information content (AvgIpc) is 2.91. The monoisotopic (exact) mass is 311 g/mol. The number of benzene rings is 1. The van der Waals surface area contributed by atoms with Gasteiger partial charge in [0, 0.05) is 15.3 Å². The predicted molar refractivity (Wildman–Crippen MR) is 75.3 cm³/mol. The minimum absolute atomic E-state index is 0.00352. The maximum Gasteiger partial charge on any atom is 0.363 e. The van der Waals surface area contributed by atoms with Gasteiger partial charge in [-0.05, 0) is 29.2 Å². The molecule has 0 bridgehead atoms. The Morgan fingerprint density at radius 1 is 1.37 bits per heavy atom. The largest absolute Gasteiger partial charge is 0.363 e. The van der Waals surface area contributed by atoms with Gasteiger partial charge in [-0.2, -0.15) is 9.38 Å². The van der Waals surface area contributed by atoms with Crippen molar-refractivity contribution < 1.29 is 4.92 Å². The fourth-order valence-electron chi connectivity index (χ4n) is 1.60. The molecule has 0 spiro atoms. The molecule has 3 aromatic rings. The van der Waals surface area contributed by atoms with Crippen molar-refractivity contribution in [2.75, 3.05) is 0 Å². The van der Waals surface area contributed by atoms with Crippen LogP contribution >= 0.6 is 34.7 Å². The first-order chi connectivity index (χ1) is 9.15. The van der Waals surface area contributed by atoms with E-state index in [0.29, 0.717) is 15.0 Å². The topological polar surface area (TPSA) is 60.4 Å². The summed E-state index contributed by atoms with van der Waals surface area (Å²) in [6, 6.07) is 7.11. The van der Waals surface area contributed by atoms with Crippen LogP contribution in [0, 0.1) is 10.1 Å². The first-order valence-electron chi connectivity index (χ1n) is 5.18. The van der Waals surface area contributed by atoms with Gasteiger partial charge in [-0.25, -0.2) is 0 Å². The van der Waals surface area contributed by atoms with E-state index in [1.165, 1.54) is 27.5 Å². The van der Waals surface area contributed by atoms with E-state index < -0.39 is 4.92 Å². The molecule has 0 saturated heterocycles. The molecule has 5 nitrogen and oxygen atoms in total. The number of nitrogens with zero attached hydrogens (tertiary/aromatic N) is 3. The van der Waals surface area contributed by atoms with Gasteiger partial charge in [0.05, 0.1) is 0 Å². The predicted octanol–water partition coefficient (Wildman–Crippen LogP) is 4.11. The van der Waals surface area contributed by atoms with E-state index in [0.717, 1.165) is 4.90 Å². The highest BCUT2D eigenvalue weighted by Gasteiger charge is 2.24. The van der Waals surface area contributed by atoms with Gasteiger partial charge < -0.3 is 10.1 Å². The lowest BCUT2D eigenvalue weighted by atomic mass is 10.4. The van der Waals surface area contributed by atoms with Crippen LogP contribution in [0.15, 0.2) is 45.8 Å². The molecule has 2 aromatic heterocycles. The van der Waals surface area contributed by atoms with Crippen molar-refractivity contribution in [3.8, 4) is 0 Å². The quantitative estimate of drug-likeness (QED) is 0.539. The summed E-state index contributed by atoms with van der Waals surface area (Å²) in [5.74, 6) is -0.00352. The Hall–Kier alpha value is -1.57. The Bertz CT molecular complexity index is 751. The maximum atomic E-state index is 11.2. The highest BCUT2D eigenvalue weighted by molar-refractivity contribution is 7.99. The van der Waals surface area contributed by atoms with Gasteiger partial charge in [0.15, 0.2) is 0 Å². The zero-order chi connectivity index (χ0) is 13.4. The summed E-state index contributed by atoms with van der Waals surface area (Å²) < 4.78 is 1.49. The van der Waals surface area contributed by atoms with Gasteiger partial charge >= 0.3 is 5.82 Å². The van der Waals surface area contributed by atoms with Gasteiger partial charge in [-0.1, -0.05) is 34.7 Å². The van der Waals surface area contributed by atoms with E-state index in [1.54, 1.807) is 23.7 Å². The lowest BCUT2D eigenvalue weighted by Crippen LogP contribution is -1.93. The second-order valence-electron chi connectivity index (χ2n) is 3.61. The standard InChI is InChI=1S/C11H6ClN3O2S2/c12-7-1-3-8(4-2-7)19-9-10(15(16)17)14-5-6-18-11(14)13-9/h1-6H. The number of halogens is 1. The Labute approximate surface area is 121 Å². The van der Waals surface area contributed by atoms with Crippen LogP contribution in [0.25, 0.3) is 4.96 Å². The summed E-state index contributed by atoms with van der Waals surface area (Å²) in [6.07, 6.45) is 1.65. The van der Waals surface area contributed by atoms with Crippen LogP contribution in [-0.4, -0.2) is 14.3 Å². The summed E-state index contributed by atoms with van der Waals surface area (Å²) in [6.45, 7) is 0. The fraction of sp³-hybridized carbons (Fsp3) is 0. The van der Waals surface area contributed by atoms with Gasteiger partial charge in [0.2, 0.25) is 5.03 Å². The second-order valence-corrected chi connectivity index (χ2v) is 5.98. The van der Waals surface area contributed by atoms with E-state index in [9.17, 15) is 10.1 Å². The molecule has 96 valence electrons. The van der Waals surface area contributed by atoms with Crippen molar-refractivity contribution >= 4 is 45.5 Å². The van der Waals surface area contributed by atoms with Crippen molar-refractivity contribution in [2.45, 2.75) is 9.92 Å². The summed E-state index contributed by atoms with van der Waals surface area (Å²) >= 11 is 8.43. The molecule has 0 fully saturated rings. The number of hydrogen-bond acceptors (Lipinski definition) is 5.